The van der Waals surface area contributed by atoms with Crippen LogP contribution in [0.25, 0.3) is 0 Å². The molecule has 0 spiro atoms. The number of rotatable bonds is 4. The van der Waals surface area contributed by atoms with Gasteiger partial charge < -0.3 is 10.2 Å². The maximum absolute atomic E-state index is 12.2. The molecule has 1 N–H and O–H groups in total. The van der Waals surface area contributed by atoms with Gasteiger partial charge in [-0.25, -0.2) is 0 Å². The predicted octanol–water partition coefficient (Wildman–Crippen LogP) is 2.33. The highest BCUT2D eigenvalue weighted by Gasteiger charge is 2.21. The van der Waals surface area contributed by atoms with E-state index >= 15 is 0 Å². The second-order valence-electron chi connectivity index (χ2n) is 5.74. The van der Waals surface area contributed by atoms with Crippen LogP contribution in [0.2, 0.25) is 10.0 Å². The molecule has 1 saturated heterocycles. The fourth-order valence-electron chi connectivity index (χ4n) is 2.58. The maximum atomic E-state index is 12.2. The van der Waals surface area contributed by atoms with Crippen molar-refractivity contribution < 1.29 is 9.59 Å². The highest BCUT2D eigenvalue weighted by Crippen LogP contribution is 2.25. The summed E-state index contributed by atoms with van der Waals surface area (Å²) in [4.78, 5) is 27.3. The predicted molar refractivity (Wildman–Crippen MR) is 91.7 cm³/mol. The summed E-state index contributed by atoms with van der Waals surface area (Å²) >= 11 is 11.9. The van der Waals surface area contributed by atoms with E-state index < -0.39 is 0 Å². The molecule has 1 aromatic carbocycles. The minimum Gasteiger partial charge on any atom is -0.348 e. The van der Waals surface area contributed by atoms with Crippen LogP contribution in [0.3, 0.4) is 0 Å². The molecule has 5 nitrogen and oxygen atoms in total. The Morgan fingerprint density at radius 3 is 2.39 bits per heavy atom. The normalized spacial score (nSPS) is 17.0. The van der Waals surface area contributed by atoms with E-state index in [0.717, 1.165) is 5.56 Å². The first-order valence-corrected chi connectivity index (χ1v) is 8.34. The van der Waals surface area contributed by atoms with Crippen LogP contribution in [0.5, 0.6) is 0 Å². The van der Waals surface area contributed by atoms with Gasteiger partial charge >= 0.3 is 0 Å². The summed E-state index contributed by atoms with van der Waals surface area (Å²) in [6.07, 6.45) is 0. The second-order valence-corrected chi connectivity index (χ2v) is 6.56. The molecule has 2 amide bonds. The SMILES string of the molecule is CC(=O)N1CCN(CC(=O)N[C@H](C)c2ccc(Cl)c(Cl)c2)CC1. The molecule has 0 aliphatic carbocycles. The molecule has 1 fully saturated rings. The standard InChI is InChI=1S/C16H21Cl2N3O2/c1-11(13-3-4-14(17)15(18)9-13)19-16(23)10-20-5-7-21(8-6-20)12(2)22/h3-4,9,11H,5-8,10H2,1-2H3,(H,19,23)/t11-/m1/s1. The van der Waals surface area contributed by atoms with Crippen molar-refractivity contribution in [2.24, 2.45) is 0 Å². The zero-order valence-electron chi connectivity index (χ0n) is 13.3. The highest BCUT2D eigenvalue weighted by molar-refractivity contribution is 6.42. The van der Waals surface area contributed by atoms with Gasteiger partial charge in [-0.3, -0.25) is 14.5 Å². The van der Waals surface area contributed by atoms with Crippen LogP contribution >= 0.6 is 23.2 Å². The number of nitrogens with zero attached hydrogens (tertiary/aromatic N) is 2. The van der Waals surface area contributed by atoms with Gasteiger partial charge in [0.2, 0.25) is 11.8 Å². The number of amides is 2. The van der Waals surface area contributed by atoms with Crippen molar-refractivity contribution in [3.05, 3.63) is 33.8 Å². The van der Waals surface area contributed by atoms with Gasteiger partial charge in [0.25, 0.3) is 0 Å². The third-order valence-electron chi connectivity index (χ3n) is 4.01. The lowest BCUT2D eigenvalue weighted by Gasteiger charge is -2.33. The smallest absolute Gasteiger partial charge is 0.234 e. The Hall–Kier alpha value is -1.30. The van der Waals surface area contributed by atoms with Crippen molar-refractivity contribution in [2.75, 3.05) is 32.7 Å². The Bertz CT molecular complexity index is 587. The summed E-state index contributed by atoms with van der Waals surface area (Å²) < 4.78 is 0. The Labute approximate surface area is 146 Å². The third-order valence-corrected chi connectivity index (χ3v) is 4.75. The Morgan fingerprint density at radius 2 is 1.83 bits per heavy atom. The van der Waals surface area contributed by atoms with Gasteiger partial charge in [0, 0.05) is 33.1 Å². The number of hydrogen-bond acceptors (Lipinski definition) is 3. The number of benzene rings is 1. The topological polar surface area (TPSA) is 52.7 Å². The molecule has 1 atom stereocenters. The third kappa shape index (κ3) is 5.09. The van der Waals surface area contributed by atoms with Crippen molar-refractivity contribution in [3.63, 3.8) is 0 Å². The highest BCUT2D eigenvalue weighted by atomic mass is 35.5. The summed E-state index contributed by atoms with van der Waals surface area (Å²) in [5, 5.41) is 3.94. The fraction of sp³-hybridized carbons (Fsp3) is 0.500. The molecule has 1 aliphatic rings. The van der Waals surface area contributed by atoms with Crippen molar-refractivity contribution in [1.29, 1.82) is 0 Å². The zero-order valence-corrected chi connectivity index (χ0v) is 14.8. The van der Waals surface area contributed by atoms with Gasteiger partial charge in [0.1, 0.15) is 0 Å². The molecule has 0 saturated carbocycles. The molecule has 2 rings (SSSR count). The van der Waals surface area contributed by atoms with E-state index in [1.54, 1.807) is 24.0 Å². The van der Waals surface area contributed by atoms with Gasteiger partial charge in [0.15, 0.2) is 0 Å². The monoisotopic (exact) mass is 357 g/mol. The lowest BCUT2D eigenvalue weighted by atomic mass is 10.1. The molecule has 23 heavy (non-hydrogen) atoms. The molecule has 0 aromatic heterocycles. The first kappa shape index (κ1) is 18.0. The van der Waals surface area contributed by atoms with E-state index in [0.29, 0.717) is 42.8 Å². The minimum atomic E-state index is -0.143. The van der Waals surface area contributed by atoms with E-state index in [4.69, 9.17) is 23.2 Å². The molecule has 1 heterocycles. The van der Waals surface area contributed by atoms with E-state index in [1.807, 2.05) is 13.0 Å². The van der Waals surface area contributed by atoms with Crippen molar-refractivity contribution in [3.8, 4) is 0 Å². The van der Waals surface area contributed by atoms with Crippen LogP contribution in [-0.2, 0) is 9.59 Å². The maximum Gasteiger partial charge on any atom is 0.234 e. The average Bonchev–Trinajstić information content (AvgIpc) is 2.50. The quantitative estimate of drug-likeness (QED) is 0.899. The number of carbonyl (C=O) groups is 2. The van der Waals surface area contributed by atoms with Gasteiger partial charge in [0.05, 0.1) is 22.6 Å². The van der Waals surface area contributed by atoms with Crippen LogP contribution in [0.1, 0.15) is 25.5 Å². The lowest BCUT2D eigenvalue weighted by Crippen LogP contribution is -2.50. The zero-order chi connectivity index (χ0) is 17.0. The lowest BCUT2D eigenvalue weighted by molar-refractivity contribution is -0.131. The molecular weight excluding hydrogens is 337 g/mol. The summed E-state index contributed by atoms with van der Waals surface area (Å²) in [7, 11) is 0. The molecule has 1 aromatic rings. The Morgan fingerprint density at radius 1 is 1.17 bits per heavy atom. The van der Waals surface area contributed by atoms with Gasteiger partial charge in [-0.2, -0.15) is 0 Å². The van der Waals surface area contributed by atoms with E-state index in [-0.39, 0.29) is 17.9 Å². The number of hydrogen-bond donors (Lipinski definition) is 1. The first-order chi connectivity index (χ1) is 10.9. The average molecular weight is 358 g/mol. The van der Waals surface area contributed by atoms with Crippen molar-refractivity contribution in [2.45, 2.75) is 19.9 Å². The first-order valence-electron chi connectivity index (χ1n) is 7.59. The summed E-state index contributed by atoms with van der Waals surface area (Å²) in [5.41, 5.74) is 0.911. The number of piperazine rings is 1. The molecular formula is C16H21Cl2N3O2. The van der Waals surface area contributed by atoms with Gasteiger partial charge in [-0.05, 0) is 24.6 Å². The fourth-order valence-corrected chi connectivity index (χ4v) is 2.88. The Balaban J connectivity index is 1.82. The molecule has 0 bridgehead atoms. The van der Waals surface area contributed by atoms with Crippen molar-refractivity contribution >= 4 is 35.0 Å². The summed E-state index contributed by atoms with van der Waals surface area (Å²) in [5.74, 6) is 0.0437. The Kier molecular flexibility index (Phi) is 6.27. The van der Waals surface area contributed by atoms with Crippen LogP contribution in [-0.4, -0.2) is 54.3 Å². The van der Waals surface area contributed by atoms with Crippen LogP contribution in [0.4, 0.5) is 0 Å². The largest absolute Gasteiger partial charge is 0.348 e. The summed E-state index contributed by atoms with van der Waals surface area (Å²) in [6, 6.07) is 5.20. The van der Waals surface area contributed by atoms with Gasteiger partial charge in [-0.15, -0.1) is 0 Å². The van der Waals surface area contributed by atoms with Crippen LogP contribution in [0, 0.1) is 0 Å². The van der Waals surface area contributed by atoms with Gasteiger partial charge in [-0.1, -0.05) is 29.3 Å². The molecule has 0 unspecified atom stereocenters. The number of carbonyl (C=O) groups excluding carboxylic acids is 2. The minimum absolute atomic E-state index is 0.0418. The van der Waals surface area contributed by atoms with Crippen molar-refractivity contribution in [1.82, 2.24) is 15.1 Å². The molecule has 7 heteroatoms. The van der Waals surface area contributed by atoms with E-state index in [9.17, 15) is 9.59 Å². The number of nitrogens with one attached hydrogen (secondary N) is 1. The second kappa shape index (κ2) is 7.99. The molecule has 126 valence electrons. The van der Waals surface area contributed by atoms with E-state index in [2.05, 4.69) is 10.2 Å². The number of halogens is 2. The molecule has 1 aliphatic heterocycles. The summed E-state index contributed by atoms with van der Waals surface area (Å²) in [6.45, 7) is 6.59. The van der Waals surface area contributed by atoms with Crippen LogP contribution < -0.4 is 5.32 Å². The van der Waals surface area contributed by atoms with Crippen LogP contribution in [0.15, 0.2) is 18.2 Å². The van der Waals surface area contributed by atoms with E-state index in [1.165, 1.54) is 0 Å². The molecule has 0 radical (unpaired) electrons.